The first-order chi connectivity index (χ1) is 14.6. The van der Waals surface area contributed by atoms with Crippen LogP contribution in [0, 0.1) is 5.92 Å². The van der Waals surface area contributed by atoms with Crippen LogP contribution in [-0.4, -0.2) is 72.5 Å². The van der Waals surface area contributed by atoms with Crippen LogP contribution in [0.4, 0.5) is 0 Å². The molecule has 4 aliphatic heterocycles. The summed E-state index contributed by atoms with van der Waals surface area (Å²) < 4.78 is 11.6. The van der Waals surface area contributed by atoms with Gasteiger partial charge in [-0.25, -0.2) is 0 Å². The molecule has 0 saturated carbocycles. The average molecular weight is 413 g/mol. The maximum Gasteiger partial charge on any atom is 0.255 e. The van der Waals surface area contributed by atoms with E-state index in [1.54, 1.807) is 11.0 Å². The van der Waals surface area contributed by atoms with Crippen molar-refractivity contribution in [3.63, 3.8) is 0 Å². The van der Waals surface area contributed by atoms with Gasteiger partial charge in [-0.3, -0.25) is 24.6 Å². The molecule has 2 unspecified atom stereocenters. The number of carbonyl (C=O) groups is 3. The number of carbonyl (C=O) groups excluding carboxylic acids is 3. The highest BCUT2D eigenvalue weighted by atomic mass is 16.5. The van der Waals surface area contributed by atoms with Gasteiger partial charge >= 0.3 is 0 Å². The zero-order valence-electron chi connectivity index (χ0n) is 17.0. The summed E-state index contributed by atoms with van der Waals surface area (Å²) in [5.74, 6) is 0.599. The number of hydrogen-bond donors (Lipinski definition) is 1. The lowest BCUT2D eigenvalue weighted by atomic mass is 10.0. The predicted octanol–water partition coefficient (Wildman–Crippen LogP) is 0.937. The van der Waals surface area contributed by atoms with E-state index in [2.05, 4.69) is 10.2 Å². The van der Waals surface area contributed by atoms with Crippen molar-refractivity contribution >= 4 is 17.7 Å². The van der Waals surface area contributed by atoms with E-state index in [1.165, 1.54) is 0 Å². The number of hydrogen-bond acceptors (Lipinski definition) is 6. The summed E-state index contributed by atoms with van der Waals surface area (Å²) in [6.45, 7) is 5.19. The van der Waals surface area contributed by atoms with E-state index < -0.39 is 6.04 Å². The zero-order chi connectivity index (χ0) is 20.7. The molecule has 3 amide bonds. The Bertz CT molecular complexity index is 868. The van der Waals surface area contributed by atoms with Gasteiger partial charge in [-0.15, -0.1) is 0 Å². The lowest BCUT2D eigenvalue weighted by molar-refractivity contribution is -0.136. The molecule has 0 spiro atoms. The number of imide groups is 1. The molecule has 2 atom stereocenters. The van der Waals surface area contributed by atoms with E-state index in [4.69, 9.17) is 9.47 Å². The Labute approximate surface area is 175 Å². The second kappa shape index (κ2) is 8.00. The third kappa shape index (κ3) is 3.81. The van der Waals surface area contributed by atoms with Crippen molar-refractivity contribution in [2.24, 2.45) is 5.92 Å². The van der Waals surface area contributed by atoms with Crippen molar-refractivity contribution in [3.05, 3.63) is 29.3 Å². The van der Waals surface area contributed by atoms with Crippen molar-refractivity contribution in [3.8, 4) is 5.75 Å². The number of ether oxygens (including phenoxy) is 2. The molecule has 160 valence electrons. The number of likely N-dealkylation sites (tertiary alicyclic amines) is 1. The molecule has 3 saturated heterocycles. The van der Waals surface area contributed by atoms with Crippen molar-refractivity contribution in [1.82, 2.24) is 15.1 Å². The molecule has 4 heterocycles. The standard InChI is InChI=1S/C22H27N3O5/c26-20-6-5-19(21(27)23-20)25-10-15-8-16(3-4-18(15)22(25)28)30-17-2-1-7-24(11-17)9-14-12-29-13-14/h3-4,8,14,17,19H,1-2,5-7,9-13H2,(H,23,26,27). The minimum Gasteiger partial charge on any atom is -0.489 e. The SMILES string of the molecule is O=C1CCC(N2Cc3cc(OC4CCCN(CC5COC5)C4)ccc3C2=O)C(=O)N1. The van der Waals surface area contributed by atoms with Gasteiger partial charge in [0, 0.05) is 37.5 Å². The average Bonchev–Trinajstić information content (AvgIpc) is 3.01. The van der Waals surface area contributed by atoms with Crippen LogP contribution in [0.25, 0.3) is 0 Å². The Kier molecular flexibility index (Phi) is 5.20. The van der Waals surface area contributed by atoms with E-state index in [0.717, 1.165) is 57.0 Å². The van der Waals surface area contributed by atoms with Crippen molar-refractivity contribution in [2.45, 2.75) is 44.4 Å². The maximum absolute atomic E-state index is 12.8. The van der Waals surface area contributed by atoms with Gasteiger partial charge < -0.3 is 14.4 Å². The maximum atomic E-state index is 12.8. The molecule has 8 heteroatoms. The van der Waals surface area contributed by atoms with Gasteiger partial charge in [0.1, 0.15) is 17.9 Å². The van der Waals surface area contributed by atoms with Gasteiger partial charge in [-0.05, 0) is 49.6 Å². The number of fused-ring (bicyclic) bond motifs is 1. The minimum absolute atomic E-state index is 0.140. The molecule has 5 rings (SSSR count). The van der Waals surface area contributed by atoms with Crippen LogP contribution in [0.5, 0.6) is 5.75 Å². The summed E-state index contributed by atoms with van der Waals surface area (Å²) in [5, 5.41) is 2.34. The second-order valence-electron chi connectivity index (χ2n) is 8.76. The van der Waals surface area contributed by atoms with E-state index >= 15 is 0 Å². The van der Waals surface area contributed by atoms with Crippen molar-refractivity contribution < 1.29 is 23.9 Å². The van der Waals surface area contributed by atoms with E-state index in [9.17, 15) is 14.4 Å². The van der Waals surface area contributed by atoms with Crippen LogP contribution >= 0.6 is 0 Å². The monoisotopic (exact) mass is 413 g/mol. The van der Waals surface area contributed by atoms with Crippen LogP contribution in [0.2, 0.25) is 0 Å². The summed E-state index contributed by atoms with van der Waals surface area (Å²) in [7, 11) is 0. The first-order valence-electron chi connectivity index (χ1n) is 10.8. The Morgan fingerprint density at radius 1 is 1.17 bits per heavy atom. The molecule has 8 nitrogen and oxygen atoms in total. The predicted molar refractivity (Wildman–Crippen MR) is 107 cm³/mol. The molecule has 1 N–H and O–H groups in total. The molecule has 3 fully saturated rings. The first kappa shape index (κ1) is 19.5. The third-order valence-electron chi connectivity index (χ3n) is 6.48. The molecule has 0 radical (unpaired) electrons. The Balaban J connectivity index is 1.23. The number of piperidine rings is 2. The van der Waals surface area contributed by atoms with E-state index in [0.29, 0.717) is 24.4 Å². The van der Waals surface area contributed by atoms with Crippen LogP contribution in [0.1, 0.15) is 41.6 Å². The largest absolute Gasteiger partial charge is 0.489 e. The normalized spacial score (nSPS) is 27.6. The fourth-order valence-corrected chi connectivity index (χ4v) is 4.85. The topological polar surface area (TPSA) is 88.2 Å². The molecule has 4 aliphatic rings. The highest BCUT2D eigenvalue weighted by Gasteiger charge is 2.39. The van der Waals surface area contributed by atoms with Gasteiger partial charge in [0.2, 0.25) is 11.8 Å². The van der Waals surface area contributed by atoms with E-state index in [1.807, 2.05) is 12.1 Å². The molecule has 0 aliphatic carbocycles. The van der Waals surface area contributed by atoms with Gasteiger partial charge in [-0.2, -0.15) is 0 Å². The van der Waals surface area contributed by atoms with Gasteiger partial charge in [0.05, 0.1) is 13.2 Å². The van der Waals surface area contributed by atoms with Crippen LogP contribution in [0.3, 0.4) is 0 Å². The zero-order valence-corrected chi connectivity index (χ0v) is 17.0. The molecule has 1 aromatic rings. The molecule has 0 aromatic heterocycles. The second-order valence-corrected chi connectivity index (χ2v) is 8.76. The molecular weight excluding hydrogens is 386 g/mol. The van der Waals surface area contributed by atoms with Crippen molar-refractivity contribution in [1.29, 1.82) is 0 Å². The lowest BCUT2D eigenvalue weighted by Gasteiger charge is -2.37. The van der Waals surface area contributed by atoms with Crippen molar-refractivity contribution in [2.75, 3.05) is 32.8 Å². The number of amides is 3. The Hall–Kier alpha value is -2.45. The Morgan fingerprint density at radius 3 is 2.80 bits per heavy atom. The molecule has 0 bridgehead atoms. The molecule has 30 heavy (non-hydrogen) atoms. The molecule has 1 aromatic carbocycles. The fourth-order valence-electron chi connectivity index (χ4n) is 4.85. The van der Waals surface area contributed by atoms with Gasteiger partial charge in [-0.1, -0.05) is 0 Å². The highest BCUT2D eigenvalue weighted by Crippen LogP contribution is 2.31. The number of nitrogens with zero attached hydrogens (tertiary/aromatic N) is 2. The fraction of sp³-hybridized carbons (Fsp3) is 0.591. The lowest BCUT2D eigenvalue weighted by Crippen LogP contribution is -2.52. The summed E-state index contributed by atoms with van der Waals surface area (Å²) in [4.78, 5) is 40.4. The quantitative estimate of drug-likeness (QED) is 0.723. The Morgan fingerprint density at radius 2 is 2.03 bits per heavy atom. The first-order valence-corrected chi connectivity index (χ1v) is 10.8. The van der Waals surface area contributed by atoms with Crippen LogP contribution < -0.4 is 10.1 Å². The number of nitrogens with one attached hydrogen (secondary N) is 1. The van der Waals surface area contributed by atoms with Crippen LogP contribution in [0.15, 0.2) is 18.2 Å². The number of benzene rings is 1. The minimum atomic E-state index is -0.589. The summed E-state index contributed by atoms with van der Waals surface area (Å²) in [6.07, 6.45) is 2.91. The third-order valence-corrected chi connectivity index (χ3v) is 6.48. The summed E-state index contributed by atoms with van der Waals surface area (Å²) >= 11 is 0. The van der Waals surface area contributed by atoms with Gasteiger partial charge in [0.15, 0.2) is 0 Å². The number of rotatable bonds is 5. The smallest absolute Gasteiger partial charge is 0.255 e. The van der Waals surface area contributed by atoms with Crippen LogP contribution in [-0.2, 0) is 20.9 Å². The summed E-state index contributed by atoms with van der Waals surface area (Å²) in [6, 6.07) is 4.99. The summed E-state index contributed by atoms with van der Waals surface area (Å²) in [5.41, 5.74) is 1.49. The highest BCUT2D eigenvalue weighted by molar-refractivity contribution is 6.05. The van der Waals surface area contributed by atoms with Gasteiger partial charge in [0.25, 0.3) is 5.91 Å². The molecular formula is C22H27N3O5. The van der Waals surface area contributed by atoms with E-state index in [-0.39, 0.29) is 30.2 Å².